The number of anilines is 1. The second kappa shape index (κ2) is 5.23. The maximum atomic E-state index is 13.5. The lowest BCUT2D eigenvalue weighted by molar-refractivity contribution is 0.612. The van der Waals surface area contributed by atoms with Gasteiger partial charge < -0.3 is 5.32 Å². The molecular formula is C12H11BrFN3. The average molecular weight is 296 g/mol. The second-order valence-electron chi connectivity index (χ2n) is 3.71. The summed E-state index contributed by atoms with van der Waals surface area (Å²) >= 11 is 3.22. The summed E-state index contributed by atoms with van der Waals surface area (Å²) in [5.74, 6) is 0.403. The molecule has 0 aliphatic carbocycles. The van der Waals surface area contributed by atoms with Gasteiger partial charge in [-0.05, 0) is 30.7 Å². The fraction of sp³-hybridized carbons (Fsp3) is 0.167. The molecule has 1 N–H and O–H groups in total. The van der Waals surface area contributed by atoms with Crippen molar-refractivity contribution in [2.24, 2.45) is 0 Å². The molecule has 2 aromatic rings. The molecule has 3 nitrogen and oxygen atoms in total. The Kier molecular flexibility index (Phi) is 3.68. The van der Waals surface area contributed by atoms with Gasteiger partial charge in [0.05, 0.1) is 6.20 Å². The van der Waals surface area contributed by atoms with Crippen molar-refractivity contribution >= 4 is 21.7 Å². The van der Waals surface area contributed by atoms with Gasteiger partial charge in [0.15, 0.2) is 0 Å². The molecule has 0 aliphatic heterocycles. The van der Waals surface area contributed by atoms with Crippen LogP contribution in [0.25, 0.3) is 0 Å². The summed E-state index contributed by atoms with van der Waals surface area (Å²) in [5, 5.41) is 10.8. The summed E-state index contributed by atoms with van der Waals surface area (Å²) in [5.41, 5.74) is 1.61. The van der Waals surface area contributed by atoms with Crippen LogP contribution < -0.4 is 5.32 Å². The summed E-state index contributed by atoms with van der Waals surface area (Å²) in [6.07, 6.45) is 1.67. The van der Waals surface area contributed by atoms with E-state index in [4.69, 9.17) is 0 Å². The Morgan fingerprint density at radius 1 is 1.35 bits per heavy atom. The number of halogens is 2. The van der Waals surface area contributed by atoms with E-state index in [2.05, 4.69) is 31.4 Å². The molecule has 1 aromatic heterocycles. The number of hydrogen-bond acceptors (Lipinski definition) is 3. The highest BCUT2D eigenvalue weighted by molar-refractivity contribution is 9.10. The molecule has 0 unspecified atom stereocenters. The van der Waals surface area contributed by atoms with E-state index in [1.165, 1.54) is 6.07 Å². The molecule has 0 bridgehead atoms. The molecule has 0 radical (unpaired) electrons. The molecule has 0 amide bonds. The number of hydrogen-bond donors (Lipinski definition) is 1. The fourth-order valence-corrected chi connectivity index (χ4v) is 1.73. The Hall–Kier alpha value is -1.49. The zero-order valence-electron chi connectivity index (χ0n) is 9.24. The van der Waals surface area contributed by atoms with Crippen LogP contribution in [0, 0.1) is 12.7 Å². The van der Waals surface area contributed by atoms with Crippen molar-refractivity contribution < 1.29 is 4.39 Å². The first-order chi connectivity index (χ1) is 8.15. The standard InChI is InChI=1S/C12H11BrFN3/c1-8-4-12(17-16-6-8)15-7-9-2-3-10(13)5-11(9)14/h2-6H,7H2,1H3,(H,15,17). The van der Waals surface area contributed by atoms with Crippen molar-refractivity contribution in [3.8, 4) is 0 Å². The molecule has 88 valence electrons. The van der Waals surface area contributed by atoms with Gasteiger partial charge in [-0.2, -0.15) is 5.10 Å². The zero-order valence-corrected chi connectivity index (χ0v) is 10.8. The topological polar surface area (TPSA) is 37.8 Å². The molecule has 0 saturated carbocycles. The highest BCUT2D eigenvalue weighted by Gasteiger charge is 2.03. The Labute approximate surface area is 107 Å². The van der Waals surface area contributed by atoms with E-state index < -0.39 is 0 Å². The van der Waals surface area contributed by atoms with Crippen LogP contribution in [0.5, 0.6) is 0 Å². The van der Waals surface area contributed by atoms with Crippen LogP contribution in [-0.4, -0.2) is 10.2 Å². The predicted molar refractivity (Wildman–Crippen MR) is 68.2 cm³/mol. The van der Waals surface area contributed by atoms with Crippen LogP contribution >= 0.6 is 15.9 Å². The fourth-order valence-electron chi connectivity index (χ4n) is 1.40. The molecule has 1 aromatic carbocycles. The van der Waals surface area contributed by atoms with Crippen LogP contribution in [-0.2, 0) is 6.54 Å². The summed E-state index contributed by atoms with van der Waals surface area (Å²) in [4.78, 5) is 0. The first kappa shape index (κ1) is 12.0. The summed E-state index contributed by atoms with van der Waals surface area (Å²) in [6.45, 7) is 2.32. The third-order valence-corrected chi connectivity index (χ3v) is 2.76. The molecule has 0 aliphatic rings. The Bertz CT molecular complexity index is 531. The molecule has 0 saturated heterocycles. The SMILES string of the molecule is Cc1cnnc(NCc2ccc(Br)cc2F)c1. The molecule has 17 heavy (non-hydrogen) atoms. The lowest BCUT2D eigenvalue weighted by Crippen LogP contribution is -2.04. The van der Waals surface area contributed by atoms with Gasteiger partial charge in [0.2, 0.25) is 0 Å². The summed E-state index contributed by atoms with van der Waals surface area (Å²) in [7, 11) is 0. The summed E-state index contributed by atoms with van der Waals surface area (Å²) < 4.78 is 14.3. The van der Waals surface area contributed by atoms with Crippen molar-refractivity contribution in [3.05, 3.63) is 51.9 Å². The van der Waals surface area contributed by atoms with E-state index in [1.807, 2.05) is 19.1 Å². The van der Waals surface area contributed by atoms with Crippen molar-refractivity contribution in [1.29, 1.82) is 0 Å². The summed E-state index contributed by atoms with van der Waals surface area (Å²) in [6, 6.07) is 6.85. The van der Waals surface area contributed by atoms with Gasteiger partial charge in [0.1, 0.15) is 11.6 Å². The van der Waals surface area contributed by atoms with Gasteiger partial charge >= 0.3 is 0 Å². The monoisotopic (exact) mass is 295 g/mol. The molecule has 0 atom stereocenters. The van der Waals surface area contributed by atoms with Crippen molar-refractivity contribution in [3.63, 3.8) is 0 Å². The minimum atomic E-state index is -0.243. The minimum absolute atomic E-state index is 0.243. The van der Waals surface area contributed by atoms with Gasteiger partial charge in [0, 0.05) is 16.6 Å². The van der Waals surface area contributed by atoms with Crippen molar-refractivity contribution in [2.75, 3.05) is 5.32 Å². The van der Waals surface area contributed by atoms with Gasteiger partial charge in [-0.25, -0.2) is 4.39 Å². The molecule has 2 rings (SSSR count). The van der Waals surface area contributed by atoms with Gasteiger partial charge in [0.25, 0.3) is 0 Å². The first-order valence-corrected chi connectivity index (χ1v) is 5.91. The highest BCUT2D eigenvalue weighted by Crippen LogP contribution is 2.16. The number of benzene rings is 1. The molecule has 5 heteroatoms. The van der Waals surface area contributed by atoms with E-state index in [1.54, 1.807) is 12.3 Å². The number of nitrogens with zero attached hydrogens (tertiary/aromatic N) is 2. The van der Waals surface area contributed by atoms with Crippen molar-refractivity contribution in [1.82, 2.24) is 10.2 Å². The van der Waals surface area contributed by atoms with Crippen LogP contribution in [0.15, 0.2) is 34.9 Å². The molecule has 0 spiro atoms. The molecular weight excluding hydrogens is 285 g/mol. The van der Waals surface area contributed by atoms with E-state index in [-0.39, 0.29) is 5.82 Å². The van der Waals surface area contributed by atoms with Gasteiger partial charge in [-0.15, -0.1) is 5.10 Å². The normalized spacial score (nSPS) is 10.3. The molecule has 1 heterocycles. The second-order valence-corrected chi connectivity index (χ2v) is 4.62. The van der Waals surface area contributed by atoms with E-state index in [9.17, 15) is 4.39 Å². The third-order valence-electron chi connectivity index (χ3n) is 2.27. The average Bonchev–Trinajstić information content (AvgIpc) is 2.28. The zero-order chi connectivity index (χ0) is 12.3. The third kappa shape index (κ3) is 3.23. The van der Waals surface area contributed by atoms with Crippen LogP contribution in [0.1, 0.15) is 11.1 Å². The number of aryl methyl sites for hydroxylation is 1. The predicted octanol–water partition coefficient (Wildman–Crippen LogP) is 3.30. The minimum Gasteiger partial charge on any atom is -0.364 e. The smallest absolute Gasteiger partial charge is 0.149 e. The van der Waals surface area contributed by atoms with E-state index in [0.717, 1.165) is 10.0 Å². The highest BCUT2D eigenvalue weighted by atomic mass is 79.9. The van der Waals surface area contributed by atoms with Crippen LogP contribution in [0.3, 0.4) is 0 Å². The quantitative estimate of drug-likeness (QED) is 0.944. The number of aromatic nitrogens is 2. The largest absolute Gasteiger partial charge is 0.364 e. The van der Waals surface area contributed by atoms with Gasteiger partial charge in [-0.1, -0.05) is 22.0 Å². The van der Waals surface area contributed by atoms with E-state index in [0.29, 0.717) is 17.9 Å². The lowest BCUT2D eigenvalue weighted by atomic mass is 10.2. The van der Waals surface area contributed by atoms with Crippen LogP contribution in [0.2, 0.25) is 0 Å². The van der Waals surface area contributed by atoms with Crippen molar-refractivity contribution in [2.45, 2.75) is 13.5 Å². The van der Waals surface area contributed by atoms with E-state index >= 15 is 0 Å². The Morgan fingerprint density at radius 2 is 2.18 bits per heavy atom. The van der Waals surface area contributed by atoms with Crippen LogP contribution in [0.4, 0.5) is 10.2 Å². The maximum absolute atomic E-state index is 13.5. The number of rotatable bonds is 3. The lowest BCUT2D eigenvalue weighted by Gasteiger charge is -2.06. The molecule has 0 fully saturated rings. The van der Waals surface area contributed by atoms with Gasteiger partial charge in [-0.3, -0.25) is 0 Å². The first-order valence-electron chi connectivity index (χ1n) is 5.12. The number of nitrogens with one attached hydrogen (secondary N) is 1. The Morgan fingerprint density at radius 3 is 2.88 bits per heavy atom. The maximum Gasteiger partial charge on any atom is 0.149 e. The Balaban J connectivity index is 2.07.